The first-order valence-electron chi connectivity index (χ1n) is 12.4. The van der Waals surface area contributed by atoms with Gasteiger partial charge in [-0.3, -0.25) is 20.4 Å². The Hall–Kier alpha value is -4.39. The maximum absolute atomic E-state index is 13.5. The summed E-state index contributed by atoms with van der Waals surface area (Å²) in [6, 6.07) is 14.8. The van der Waals surface area contributed by atoms with Crippen molar-refractivity contribution in [3.05, 3.63) is 83.2 Å². The minimum absolute atomic E-state index is 0.203. The van der Waals surface area contributed by atoms with E-state index in [1.54, 1.807) is 64.1 Å². The van der Waals surface area contributed by atoms with Gasteiger partial charge in [-0.2, -0.15) is 18.3 Å². The van der Waals surface area contributed by atoms with Gasteiger partial charge in [-0.25, -0.2) is 9.48 Å². The van der Waals surface area contributed by atoms with E-state index in [0.717, 1.165) is 4.68 Å². The highest BCUT2D eigenvalue weighted by Crippen LogP contribution is 2.29. The number of rotatable bonds is 8. The zero-order valence-electron chi connectivity index (χ0n) is 22.4. The monoisotopic (exact) mass is 560 g/mol. The first-order valence-corrected chi connectivity index (χ1v) is 12.4. The van der Waals surface area contributed by atoms with Gasteiger partial charge in [-0.1, -0.05) is 30.3 Å². The van der Waals surface area contributed by atoms with E-state index < -0.39 is 41.1 Å². The molecule has 0 fully saturated rings. The summed E-state index contributed by atoms with van der Waals surface area (Å²) >= 11 is 0. The number of amides is 3. The lowest BCUT2D eigenvalue weighted by atomic mass is 10.2. The molecule has 0 aliphatic carbocycles. The van der Waals surface area contributed by atoms with Gasteiger partial charge in [0.1, 0.15) is 11.3 Å². The Labute approximate surface area is 229 Å². The topological polar surface area (TPSA) is 126 Å². The van der Waals surface area contributed by atoms with Crippen molar-refractivity contribution in [1.82, 2.24) is 31.3 Å². The second-order valence-electron chi connectivity index (χ2n) is 9.95. The summed E-state index contributed by atoms with van der Waals surface area (Å²) in [5, 5.41) is 9.47. The molecular formula is C27H31F3N6O4. The molecule has 0 aliphatic rings. The van der Waals surface area contributed by atoms with Crippen LogP contribution in [0.3, 0.4) is 0 Å². The smallest absolute Gasteiger partial charge is 0.435 e. The predicted octanol–water partition coefficient (Wildman–Crippen LogP) is 3.97. The molecule has 3 amide bonds. The highest BCUT2D eigenvalue weighted by atomic mass is 19.4. The number of hydrazine groups is 1. The summed E-state index contributed by atoms with van der Waals surface area (Å²) in [6.45, 7) is 7.77. The van der Waals surface area contributed by atoms with Crippen LogP contribution in [0.1, 0.15) is 59.8 Å². The molecule has 214 valence electrons. The molecule has 0 radical (unpaired) electrons. The minimum atomic E-state index is -4.80. The normalized spacial score (nSPS) is 12.4. The van der Waals surface area contributed by atoms with E-state index in [4.69, 9.17) is 4.74 Å². The second kappa shape index (κ2) is 12.6. The Bertz CT molecular complexity index is 1340. The zero-order valence-corrected chi connectivity index (χ0v) is 22.4. The van der Waals surface area contributed by atoms with Crippen molar-refractivity contribution < 1.29 is 32.3 Å². The molecule has 2 aromatic carbocycles. The molecular weight excluding hydrogens is 529 g/mol. The number of hydrogen-bond donors (Lipinski definition) is 4. The van der Waals surface area contributed by atoms with E-state index in [2.05, 4.69) is 26.6 Å². The van der Waals surface area contributed by atoms with Crippen molar-refractivity contribution in [2.75, 3.05) is 6.54 Å². The van der Waals surface area contributed by atoms with Crippen molar-refractivity contribution in [2.45, 2.75) is 52.1 Å². The van der Waals surface area contributed by atoms with Crippen LogP contribution in [0.2, 0.25) is 0 Å². The van der Waals surface area contributed by atoms with E-state index >= 15 is 0 Å². The number of alkyl carbamates (subject to hydrolysis) is 1. The van der Waals surface area contributed by atoms with E-state index in [1.165, 1.54) is 18.2 Å². The molecule has 0 saturated heterocycles. The number of nitrogens with zero attached hydrogens (tertiary/aromatic N) is 2. The highest BCUT2D eigenvalue weighted by Gasteiger charge is 2.36. The van der Waals surface area contributed by atoms with Gasteiger partial charge < -0.3 is 15.4 Å². The van der Waals surface area contributed by atoms with Crippen LogP contribution < -0.4 is 21.5 Å². The third-order valence-corrected chi connectivity index (χ3v) is 5.26. The quantitative estimate of drug-likeness (QED) is 0.309. The van der Waals surface area contributed by atoms with Gasteiger partial charge in [-0.05, 0) is 57.5 Å². The van der Waals surface area contributed by atoms with Gasteiger partial charge in [0.15, 0.2) is 5.69 Å². The fourth-order valence-electron chi connectivity index (χ4n) is 3.51. The molecule has 3 rings (SSSR count). The molecule has 10 nitrogen and oxygen atoms in total. The number of alkyl halides is 3. The predicted molar refractivity (Wildman–Crippen MR) is 140 cm³/mol. The molecule has 40 heavy (non-hydrogen) atoms. The van der Waals surface area contributed by atoms with E-state index in [9.17, 15) is 27.6 Å². The lowest BCUT2D eigenvalue weighted by molar-refractivity contribution is -0.141. The van der Waals surface area contributed by atoms with Crippen molar-refractivity contribution in [3.8, 4) is 5.69 Å². The highest BCUT2D eigenvalue weighted by molar-refractivity contribution is 5.98. The molecule has 0 spiro atoms. The van der Waals surface area contributed by atoms with Gasteiger partial charge in [0, 0.05) is 30.8 Å². The van der Waals surface area contributed by atoms with Crippen molar-refractivity contribution in [2.24, 2.45) is 0 Å². The van der Waals surface area contributed by atoms with Crippen LogP contribution in [-0.4, -0.2) is 45.9 Å². The molecule has 1 aromatic heterocycles. The van der Waals surface area contributed by atoms with E-state index in [1.807, 2.05) is 0 Å². The summed E-state index contributed by atoms with van der Waals surface area (Å²) in [5.41, 5.74) is 3.15. The van der Waals surface area contributed by atoms with Crippen molar-refractivity contribution in [1.29, 1.82) is 0 Å². The Kier molecular flexibility index (Phi) is 9.53. The number of carbonyl (C=O) groups excluding carboxylic acids is 3. The van der Waals surface area contributed by atoms with Crippen molar-refractivity contribution >= 4 is 17.9 Å². The summed E-state index contributed by atoms with van der Waals surface area (Å²) in [7, 11) is 0. The van der Waals surface area contributed by atoms with Gasteiger partial charge in [0.05, 0.1) is 5.69 Å². The first-order chi connectivity index (χ1) is 18.7. The Balaban J connectivity index is 1.70. The van der Waals surface area contributed by atoms with Gasteiger partial charge in [0.2, 0.25) is 0 Å². The number of benzene rings is 2. The fourth-order valence-corrected chi connectivity index (χ4v) is 3.51. The van der Waals surface area contributed by atoms with Crippen LogP contribution in [-0.2, 0) is 17.5 Å². The lowest BCUT2D eigenvalue weighted by Gasteiger charge is -2.22. The summed E-state index contributed by atoms with van der Waals surface area (Å²) < 4.78 is 46.5. The third-order valence-electron chi connectivity index (χ3n) is 5.26. The molecule has 0 saturated carbocycles. The Morgan fingerprint density at radius 1 is 0.950 bits per heavy atom. The van der Waals surface area contributed by atoms with Crippen LogP contribution >= 0.6 is 0 Å². The molecule has 0 aliphatic heterocycles. The number of nitrogens with one attached hydrogen (secondary N) is 4. The van der Waals surface area contributed by atoms with Crippen LogP contribution in [0.4, 0.5) is 18.0 Å². The number of aromatic nitrogens is 2. The molecule has 1 unspecified atom stereocenters. The maximum Gasteiger partial charge on any atom is 0.435 e. The minimum Gasteiger partial charge on any atom is -0.444 e. The first kappa shape index (κ1) is 30.2. The van der Waals surface area contributed by atoms with Crippen molar-refractivity contribution in [3.63, 3.8) is 0 Å². The van der Waals surface area contributed by atoms with E-state index in [-0.39, 0.29) is 17.3 Å². The zero-order chi connectivity index (χ0) is 29.5. The molecule has 4 N–H and O–H groups in total. The molecule has 1 heterocycles. The number of carbonyl (C=O) groups is 3. The number of hydrogen-bond acceptors (Lipinski definition) is 6. The van der Waals surface area contributed by atoms with Gasteiger partial charge in [-0.15, -0.1) is 0 Å². The summed E-state index contributed by atoms with van der Waals surface area (Å²) in [5.74, 6) is -1.63. The average molecular weight is 561 g/mol. The molecule has 3 aromatic rings. The van der Waals surface area contributed by atoms with Gasteiger partial charge >= 0.3 is 12.3 Å². The number of ether oxygens (including phenoxy) is 1. The lowest BCUT2D eigenvalue weighted by Crippen LogP contribution is -2.42. The SMILES string of the molecule is CC(CNCc1cccc(-n2nc(C(F)(F)F)cc2C(=O)NNC(=O)c2ccccc2)c1)NC(=O)OC(C)(C)C. The largest absolute Gasteiger partial charge is 0.444 e. The Morgan fingerprint density at radius 2 is 1.62 bits per heavy atom. The standard InChI is InChI=1S/C27H31F3N6O4/c1-17(32-25(39)40-26(2,3)4)15-31-16-18-9-8-12-20(13-18)36-21(14-22(35-36)27(28,29)30)24(38)34-33-23(37)19-10-6-5-7-11-19/h5-14,17,31H,15-16H2,1-4H3,(H,32,39)(H,33,37)(H,34,38). The summed E-state index contributed by atoms with van der Waals surface area (Å²) in [4.78, 5) is 37.0. The van der Waals surface area contributed by atoms with Gasteiger partial charge in [0.25, 0.3) is 11.8 Å². The third kappa shape index (κ3) is 8.83. The molecule has 1 atom stereocenters. The molecule has 13 heteroatoms. The van der Waals surface area contributed by atoms with Crippen LogP contribution in [0.25, 0.3) is 5.69 Å². The van der Waals surface area contributed by atoms with E-state index in [0.29, 0.717) is 24.7 Å². The van der Waals surface area contributed by atoms with Crippen LogP contribution in [0, 0.1) is 0 Å². The summed E-state index contributed by atoms with van der Waals surface area (Å²) in [6.07, 6.45) is -5.35. The second-order valence-corrected chi connectivity index (χ2v) is 9.95. The van der Waals surface area contributed by atoms with Crippen LogP contribution in [0.5, 0.6) is 0 Å². The number of halogens is 3. The van der Waals surface area contributed by atoms with Crippen LogP contribution in [0.15, 0.2) is 60.7 Å². The fraction of sp³-hybridized carbons (Fsp3) is 0.333. The molecule has 0 bridgehead atoms. The average Bonchev–Trinajstić information content (AvgIpc) is 3.33. The Morgan fingerprint density at radius 3 is 2.27 bits per heavy atom. The maximum atomic E-state index is 13.5.